The van der Waals surface area contributed by atoms with Crippen molar-refractivity contribution in [3.05, 3.63) is 49.4 Å². The van der Waals surface area contributed by atoms with Gasteiger partial charge in [-0.2, -0.15) is 0 Å². The fourth-order valence-electron chi connectivity index (χ4n) is 5.01. The van der Waals surface area contributed by atoms with Crippen molar-refractivity contribution in [2.24, 2.45) is 5.92 Å². The summed E-state index contributed by atoms with van der Waals surface area (Å²) in [6, 6.07) is 3.84. The van der Waals surface area contributed by atoms with Crippen molar-refractivity contribution in [3.63, 3.8) is 0 Å². The molecule has 1 aliphatic carbocycles. The van der Waals surface area contributed by atoms with Gasteiger partial charge in [0, 0.05) is 41.5 Å². The molecule has 2 N–H and O–H groups in total. The van der Waals surface area contributed by atoms with E-state index in [-0.39, 0.29) is 29.1 Å². The Kier molecular flexibility index (Phi) is 7.67. The number of aromatic amines is 1. The second-order valence-electron chi connectivity index (χ2n) is 9.55. The van der Waals surface area contributed by atoms with Gasteiger partial charge in [-0.3, -0.25) is 9.59 Å². The van der Waals surface area contributed by atoms with E-state index in [0.717, 1.165) is 25.7 Å². The van der Waals surface area contributed by atoms with Crippen LogP contribution < -0.4 is 20.3 Å². The number of nitrogens with one attached hydrogen (secondary N) is 2. The number of thioether (sulfide) groups is 1. The molecular weight excluding hydrogens is 509 g/mol. The van der Waals surface area contributed by atoms with E-state index in [1.54, 1.807) is 12.1 Å². The van der Waals surface area contributed by atoms with Crippen LogP contribution >= 0.6 is 35.0 Å². The molecule has 0 radical (unpaired) electrons. The number of fused-ring (bicyclic) bond motifs is 1. The lowest BCUT2D eigenvalue weighted by atomic mass is 9.81. The van der Waals surface area contributed by atoms with E-state index in [2.05, 4.69) is 29.3 Å². The van der Waals surface area contributed by atoms with Gasteiger partial charge in [-0.05, 0) is 65.1 Å². The van der Waals surface area contributed by atoms with Crippen LogP contribution in [0.15, 0.2) is 21.8 Å². The quantitative estimate of drug-likeness (QED) is 0.385. The number of amides is 1. The Bertz CT molecular complexity index is 1190. The second kappa shape index (κ2) is 10.2. The molecule has 1 amide bonds. The van der Waals surface area contributed by atoms with Crippen molar-refractivity contribution in [2.75, 3.05) is 20.4 Å². The van der Waals surface area contributed by atoms with Crippen LogP contribution in [0.2, 0.25) is 10.2 Å². The molecule has 1 aromatic carbocycles. The van der Waals surface area contributed by atoms with Crippen LogP contribution in [0.25, 0.3) is 0 Å². The maximum Gasteiger partial charge on any atom is 0.255 e. The highest BCUT2D eigenvalue weighted by Gasteiger charge is 2.47. The van der Waals surface area contributed by atoms with Crippen LogP contribution in [0.1, 0.15) is 54.1 Å². The molecule has 1 atom stereocenters. The number of aromatic nitrogens is 1. The van der Waals surface area contributed by atoms with Gasteiger partial charge in [0.05, 0.1) is 10.6 Å². The monoisotopic (exact) mass is 539 g/mol. The average Bonchev–Trinajstić information content (AvgIpc) is 3.20. The van der Waals surface area contributed by atoms with Gasteiger partial charge >= 0.3 is 0 Å². The number of hydrogen-bond acceptors (Lipinski definition) is 6. The first-order valence-electron chi connectivity index (χ1n) is 11.7. The van der Waals surface area contributed by atoms with Gasteiger partial charge < -0.3 is 24.7 Å². The Balaban J connectivity index is 1.52. The number of pyridine rings is 1. The number of halogens is 2. The lowest BCUT2D eigenvalue weighted by Crippen LogP contribution is -2.46. The molecule has 1 unspecified atom stereocenters. The van der Waals surface area contributed by atoms with Crippen LogP contribution in [-0.4, -0.2) is 48.0 Å². The summed E-state index contributed by atoms with van der Waals surface area (Å²) >= 11 is 13.9. The lowest BCUT2D eigenvalue weighted by molar-refractivity contribution is -0.123. The number of carbonyl (C=O) groups is 1. The summed E-state index contributed by atoms with van der Waals surface area (Å²) in [6.45, 7) is 3.84. The molecule has 0 bridgehead atoms. The van der Waals surface area contributed by atoms with Crippen molar-refractivity contribution in [1.29, 1.82) is 0 Å². The van der Waals surface area contributed by atoms with Gasteiger partial charge in [-0.25, -0.2) is 0 Å². The minimum atomic E-state index is -0.826. The summed E-state index contributed by atoms with van der Waals surface area (Å²) in [5.41, 5.74) is 1.15. The third kappa shape index (κ3) is 5.17. The van der Waals surface area contributed by atoms with Gasteiger partial charge in [-0.1, -0.05) is 23.2 Å². The third-order valence-electron chi connectivity index (χ3n) is 7.17. The Morgan fingerprint density at radius 3 is 2.49 bits per heavy atom. The first kappa shape index (κ1) is 26.2. The Labute approximate surface area is 219 Å². The van der Waals surface area contributed by atoms with Crippen molar-refractivity contribution < 1.29 is 14.3 Å². The number of carbonyl (C=O) groups excluding carboxylic acids is 1. The molecule has 4 rings (SSSR count). The molecule has 1 fully saturated rings. The van der Waals surface area contributed by atoms with E-state index in [1.165, 1.54) is 11.8 Å². The molecule has 35 heavy (non-hydrogen) atoms. The average molecular weight is 541 g/mol. The van der Waals surface area contributed by atoms with E-state index in [9.17, 15) is 9.59 Å². The lowest BCUT2D eigenvalue weighted by Gasteiger charge is -2.39. The number of rotatable bonds is 6. The summed E-state index contributed by atoms with van der Waals surface area (Å²) in [6.07, 6.45) is 5.99. The number of hydrogen-bond donors (Lipinski definition) is 2. The highest BCUT2D eigenvalue weighted by atomic mass is 35.5. The van der Waals surface area contributed by atoms with Crippen molar-refractivity contribution >= 4 is 40.9 Å². The molecule has 1 saturated carbocycles. The highest BCUT2D eigenvalue weighted by Crippen LogP contribution is 2.51. The number of nitrogens with zero attached hydrogens (tertiary/aromatic N) is 1. The van der Waals surface area contributed by atoms with Crippen molar-refractivity contribution in [2.45, 2.75) is 62.8 Å². The van der Waals surface area contributed by atoms with Crippen LogP contribution in [0.4, 0.5) is 0 Å². The normalized spacial score (nSPS) is 23.5. The number of ether oxygens (including phenoxy) is 2. The summed E-state index contributed by atoms with van der Waals surface area (Å²) in [5.74, 6) is 0.0380. The molecule has 2 aromatic rings. The first-order valence-corrected chi connectivity index (χ1v) is 13.6. The number of H-pyrrole nitrogens is 1. The molecule has 0 spiro atoms. The minimum absolute atomic E-state index is 0.0554. The van der Waals surface area contributed by atoms with Crippen molar-refractivity contribution in [3.8, 4) is 11.5 Å². The zero-order valence-corrected chi connectivity index (χ0v) is 22.9. The van der Waals surface area contributed by atoms with Crippen LogP contribution in [0.3, 0.4) is 0 Å². The zero-order chi connectivity index (χ0) is 25.5. The molecule has 2 heterocycles. The Morgan fingerprint density at radius 2 is 1.86 bits per heavy atom. The number of benzene rings is 1. The maximum atomic E-state index is 13.1. The van der Waals surface area contributed by atoms with E-state index in [0.29, 0.717) is 44.1 Å². The van der Waals surface area contributed by atoms with Crippen LogP contribution in [-0.2, 0) is 6.54 Å². The van der Waals surface area contributed by atoms with Gasteiger partial charge in [0.15, 0.2) is 11.5 Å². The SMILES string of the molecule is CSc1cc(Cl)[nH]c(=O)c1CNC(=O)c1cc(Cl)c2c(c1C)OC(C)(C1CCC(N(C)C)CC1)O2. The second-order valence-corrected chi connectivity index (χ2v) is 11.2. The fraction of sp³-hybridized carbons (Fsp3) is 0.520. The molecule has 190 valence electrons. The standard InChI is InChI=1S/C25H31Cl2N3O4S/c1-13-16(23(31)28-12-17-19(35-5)11-20(27)29-24(17)32)10-18(26)22-21(13)33-25(2,34-22)14-6-8-15(9-7-14)30(3)4/h10-11,14-15H,6-9,12H2,1-5H3,(H,28,31)(H,29,32). The predicted octanol–water partition coefficient (Wildman–Crippen LogP) is 5.25. The first-order chi connectivity index (χ1) is 16.5. The molecule has 1 aromatic heterocycles. The van der Waals surface area contributed by atoms with Crippen LogP contribution in [0.5, 0.6) is 11.5 Å². The Hall–Kier alpha value is -1.87. The van der Waals surface area contributed by atoms with Gasteiger partial charge in [-0.15, -0.1) is 11.8 Å². The van der Waals surface area contributed by atoms with Gasteiger partial charge in [0.25, 0.3) is 17.3 Å². The Morgan fingerprint density at radius 1 is 1.20 bits per heavy atom. The van der Waals surface area contributed by atoms with Gasteiger partial charge in [0.1, 0.15) is 5.15 Å². The van der Waals surface area contributed by atoms with E-state index >= 15 is 0 Å². The van der Waals surface area contributed by atoms with E-state index < -0.39 is 5.79 Å². The zero-order valence-electron chi connectivity index (χ0n) is 20.6. The molecular formula is C25H31Cl2N3O4S. The van der Waals surface area contributed by atoms with Gasteiger partial charge in [0.2, 0.25) is 0 Å². The summed E-state index contributed by atoms with van der Waals surface area (Å²) in [5, 5.41) is 3.42. The summed E-state index contributed by atoms with van der Waals surface area (Å²) in [7, 11) is 4.23. The molecule has 1 aliphatic heterocycles. The van der Waals surface area contributed by atoms with E-state index in [1.807, 2.05) is 20.1 Å². The van der Waals surface area contributed by atoms with Crippen molar-refractivity contribution in [1.82, 2.24) is 15.2 Å². The molecule has 2 aliphatic rings. The third-order valence-corrected chi connectivity index (χ3v) is 8.46. The largest absolute Gasteiger partial charge is 0.448 e. The highest BCUT2D eigenvalue weighted by molar-refractivity contribution is 7.98. The summed E-state index contributed by atoms with van der Waals surface area (Å²) in [4.78, 5) is 31.0. The smallest absolute Gasteiger partial charge is 0.255 e. The molecule has 10 heteroatoms. The summed E-state index contributed by atoms with van der Waals surface area (Å²) < 4.78 is 12.7. The molecule has 0 saturated heterocycles. The minimum Gasteiger partial charge on any atom is -0.448 e. The fourth-order valence-corrected chi connectivity index (χ4v) is 6.15. The molecule has 7 nitrogen and oxygen atoms in total. The predicted molar refractivity (Wildman–Crippen MR) is 140 cm³/mol. The topological polar surface area (TPSA) is 83.7 Å². The van der Waals surface area contributed by atoms with Crippen LogP contribution in [0, 0.1) is 12.8 Å². The maximum absolute atomic E-state index is 13.1. The van der Waals surface area contributed by atoms with E-state index in [4.69, 9.17) is 32.7 Å².